The normalized spacial score (nSPS) is 18.3. The minimum absolute atomic E-state index is 0.371. The quantitative estimate of drug-likeness (QED) is 0.873. The molecule has 0 aliphatic carbocycles. The van der Waals surface area contributed by atoms with Gasteiger partial charge in [0, 0.05) is 13.1 Å². The van der Waals surface area contributed by atoms with E-state index in [1.54, 1.807) is 0 Å². The minimum Gasteiger partial charge on any atom is -0.303 e. The molecule has 0 aromatic heterocycles. The van der Waals surface area contributed by atoms with Crippen LogP contribution in [0.5, 0.6) is 0 Å². The maximum atomic E-state index is 9.29. The third kappa shape index (κ3) is 4.56. The molecular formula is C18H27N3. The maximum absolute atomic E-state index is 9.29. The standard InChI is InChI=1S/C18H27N3/c1-3-20-18(2,15-19)11-6-12-21-13-9-16-7-4-5-8-17(16)10-14-21/h4-5,7-8,20H,3,6,9-14H2,1-2H3. The van der Waals surface area contributed by atoms with E-state index in [9.17, 15) is 5.26 Å². The number of nitriles is 1. The van der Waals surface area contributed by atoms with Crippen molar-refractivity contribution in [1.82, 2.24) is 10.2 Å². The van der Waals surface area contributed by atoms with Crippen molar-refractivity contribution < 1.29 is 0 Å². The lowest BCUT2D eigenvalue weighted by Gasteiger charge is -2.25. The molecule has 1 atom stereocenters. The van der Waals surface area contributed by atoms with Gasteiger partial charge >= 0.3 is 0 Å². The Morgan fingerprint density at radius 2 is 1.86 bits per heavy atom. The Labute approximate surface area is 129 Å². The summed E-state index contributed by atoms with van der Waals surface area (Å²) in [6, 6.07) is 11.2. The number of nitrogens with zero attached hydrogens (tertiary/aromatic N) is 2. The van der Waals surface area contributed by atoms with Gasteiger partial charge in [0.2, 0.25) is 0 Å². The molecule has 0 radical (unpaired) electrons. The van der Waals surface area contributed by atoms with Gasteiger partial charge in [0.05, 0.1) is 6.07 Å². The van der Waals surface area contributed by atoms with Crippen molar-refractivity contribution in [3.8, 4) is 6.07 Å². The molecule has 1 heterocycles. The van der Waals surface area contributed by atoms with E-state index < -0.39 is 0 Å². The summed E-state index contributed by atoms with van der Waals surface area (Å²) < 4.78 is 0. The van der Waals surface area contributed by atoms with E-state index in [0.717, 1.165) is 51.9 Å². The number of nitrogens with one attached hydrogen (secondary N) is 1. The summed E-state index contributed by atoms with van der Waals surface area (Å²) in [7, 11) is 0. The first-order chi connectivity index (χ1) is 10.2. The van der Waals surface area contributed by atoms with E-state index in [1.165, 1.54) is 11.1 Å². The SMILES string of the molecule is CCNC(C)(C#N)CCCN1CCc2ccccc2CC1. The van der Waals surface area contributed by atoms with Gasteiger partial charge in [0.1, 0.15) is 5.54 Å². The van der Waals surface area contributed by atoms with Crippen molar-refractivity contribution in [3.63, 3.8) is 0 Å². The lowest BCUT2D eigenvalue weighted by molar-refractivity contribution is 0.269. The zero-order valence-electron chi connectivity index (χ0n) is 13.4. The molecular weight excluding hydrogens is 258 g/mol. The van der Waals surface area contributed by atoms with Gasteiger partial charge in [-0.05, 0) is 56.8 Å². The van der Waals surface area contributed by atoms with Crippen LogP contribution in [0.25, 0.3) is 0 Å². The fourth-order valence-corrected chi connectivity index (χ4v) is 3.17. The summed E-state index contributed by atoms with van der Waals surface area (Å²) in [6.07, 6.45) is 4.30. The van der Waals surface area contributed by atoms with E-state index >= 15 is 0 Å². The second-order valence-corrected chi connectivity index (χ2v) is 6.19. The van der Waals surface area contributed by atoms with Crippen LogP contribution in [0.1, 0.15) is 37.8 Å². The molecule has 0 fully saturated rings. The molecule has 21 heavy (non-hydrogen) atoms. The fourth-order valence-electron chi connectivity index (χ4n) is 3.17. The molecule has 0 saturated heterocycles. The molecule has 0 bridgehead atoms. The molecule has 1 aromatic carbocycles. The van der Waals surface area contributed by atoms with Crippen LogP contribution in [0.4, 0.5) is 0 Å². The van der Waals surface area contributed by atoms with E-state index in [0.29, 0.717) is 0 Å². The number of benzene rings is 1. The minimum atomic E-state index is -0.371. The summed E-state index contributed by atoms with van der Waals surface area (Å²) in [5.74, 6) is 0. The molecule has 1 aliphatic heterocycles. The first kappa shape index (κ1) is 16.0. The van der Waals surface area contributed by atoms with Crippen LogP contribution in [0, 0.1) is 11.3 Å². The van der Waals surface area contributed by atoms with Gasteiger partial charge in [0.25, 0.3) is 0 Å². The van der Waals surface area contributed by atoms with Crippen LogP contribution in [-0.2, 0) is 12.8 Å². The number of fused-ring (bicyclic) bond motifs is 1. The fraction of sp³-hybridized carbons (Fsp3) is 0.611. The van der Waals surface area contributed by atoms with Gasteiger partial charge in [-0.25, -0.2) is 0 Å². The molecule has 1 aliphatic rings. The first-order valence-corrected chi connectivity index (χ1v) is 8.12. The summed E-state index contributed by atoms with van der Waals surface area (Å²) >= 11 is 0. The van der Waals surface area contributed by atoms with Crippen molar-refractivity contribution >= 4 is 0 Å². The molecule has 3 heteroatoms. The van der Waals surface area contributed by atoms with Crippen LogP contribution < -0.4 is 5.32 Å². The van der Waals surface area contributed by atoms with E-state index in [2.05, 4.69) is 47.5 Å². The molecule has 1 unspecified atom stereocenters. The highest BCUT2D eigenvalue weighted by atomic mass is 15.1. The van der Waals surface area contributed by atoms with E-state index in [1.807, 2.05) is 6.92 Å². The zero-order chi connectivity index (χ0) is 15.1. The second kappa shape index (κ2) is 7.59. The van der Waals surface area contributed by atoms with Crippen molar-refractivity contribution in [3.05, 3.63) is 35.4 Å². The van der Waals surface area contributed by atoms with Gasteiger partial charge < -0.3 is 4.90 Å². The third-order valence-electron chi connectivity index (χ3n) is 4.48. The lowest BCUT2D eigenvalue weighted by atomic mass is 9.97. The van der Waals surface area contributed by atoms with Gasteiger partial charge in [-0.15, -0.1) is 0 Å². The number of hydrogen-bond acceptors (Lipinski definition) is 3. The Kier molecular flexibility index (Phi) is 5.78. The molecule has 0 spiro atoms. The van der Waals surface area contributed by atoms with Gasteiger partial charge in [-0.1, -0.05) is 31.2 Å². The van der Waals surface area contributed by atoms with Crippen LogP contribution in [0.3, 0.4) is 0 Å². The number of rotatable bonds is 6. The van der Waals surface area contributed by atoms with Crippen molar-refractivity contribution in [1.29, 1.82) is 5.26 Å². The highest BCUT2D eigenvalue weighted by molar-refractivity contribution is 5.28. The smallest absolute Gasteiger partial charge is 0.103 e. The summed E-state index contributed by atoms with van der Waals surface area (Å²) in [5.41, 5.74) is 2.65. The Morgan fingerprint density at radius 3 is 2.38 bits per heavy atom. The third-order valence-corrected chi connectivity index (χ3v) is 4.48. The van der Waals surface area contributed by atoms with E-state index in [-0.39, 0.29) is 5.54 Å². The molecule has 114 valence electrons. The zero-order valence-corrected chi connectivity index (χ0v) is 13.4. The Morgan fingerprint density at radius 1 is 1.24 bits per heavy atom. The highest BCUT2D eigenvalue weighted by Crippen LogP contribution is 2.17. The van der Waals surface area contributed by atoms with Crippen LogP contribution in [0.2, 0.25) is 0 Å². The Bertz CT molecular complexity index is 464. The molecule has 0 saturated carbocycles. The maximum Gasteiger partial charge on any atom is 0.103 e. The molecule has 3 nitrogen and oxygen atoms in total. The summed E-state index contributed by atoms with van der Waals surface area (Å²) in [5, 5.41) is 12.6. The van der Waals surface area contributed by atoms with Gasteiger partial charge in [-0.3, -0.25) is 5.32 Å². The summed E-state index contributed by atoms with van der Waals surface area (Å²) in [4.78, 5) is 2.55. The van der Waals surface area contributed by atoms with Crippen molar-refractivity contribution in [2.75, 3.05) is 26.2 Å². The van der Waals surface area contributed by atoms with Crippen LogP contribution in [-0.4, -0.2) is 36.6 Å². The second-order valence-electron chi connectivity index (χ2n) is 6.19. The Hall–Kier alpha value is -1.37. The molecule has 2 rings (SSSR count). The van der Waals surface area contributed by atoms with Gasteiger partial charge in [-0.2, -0.15) is 5.26 Å². The molecule has 1 N–H and O–H groups in total. The van der Waals surface area contributed by atoms with Crippen LogP contribution >= 0.6 is 0 Å². The van der Waals surface area contributed by atoms with E-state index in [4.69, 9.17) is 0 Å². The average molecular weight is 285 g/mol. The van der Waals surface area contributed by atoms with Crippen LogP contribution in [0.15, 0.2) is 24.3 Å². The Balaban J connectivity index is 1.80. The predicted octanol–water partition coefficient (Wildman–Crippen LogP) is 2.76. The highest BCUT2D eigenvalue weighted by Gasteiger charge is 2.22. The lowest BCUT2D eigenvalue weighted by Crippen LogP contribution is -2.41. The van der Waals surface area contributed by atoms with Gasteiger partial charge in [0.15, 0.2) is 0 Å². The topological polar surface area (TPSA) is 39.1 Å². The van der Waals surface area contributed by atoms with Crippen molar-refractivity contribution in [2.24, 2.45) is 0 Å². The summed E-state index contributed by atoms with van der Waals surface area (Å²) in [6.45, 7) is 8.29. The first-order valence-electron chi connectivity index (χ1n) is 8.12. The largest absolute Gasteiger partial charge is 0.303 e. The monoisotopic (exact) mass is 285 g/mol. The molecule has 1 aromatic rings. The molecule has 0 amide bonds. The van der Waals surface area contributed by atoms with Crippen molar-refractivity contribution in [2.45, 2.75) is 45.1 Å². The predicted molar refractivity (Wildman–Crippen MR) is 87.2 cm³/mol. The average Bonchev–Trinajstić information content (AvgIpc) is 2.70. The number of hydrogen-bond donors (Lipinski definition) is 1.